The minimum atomic E-state index is -3.31. The Balaban J connectivity index is 1.87. The summed E-state index contributed by atoms with van der Waals surface area (Å²) in [4.78, 5) is 6.65. The first-order valence-corrected chi connectivity index (χ1v) is 11.7. The van der Waals surface area contributed by atoms with E-state index in [4.69, 9.17) is 0 Å². The molecule has 0 saturated heterocycles. The number of aryl methyl sites for hydroxylation is 1. The van der Waals surface area contributed by atoms with Crippen LogP contribution in [0.15, 0.2) is 35.6 Å². The number of sulfone groups is 1. The Labute approximate surface area is 163 Å². The van der Waals surface area contributed by atoms with Crippen LogP contribution in [0.3, 0.4) is 0 Å². The molecule has 27 heavy (non-hydrogen) atoms. The van der Waals surface area contributed by atoms with Crippen molar-refractivity contribution >= 4 is 9.84 Å². The lowest BCUT2D eigenvalue weighted by Gasteiger charge is -2.33. The van der Waals surface area contributed by atoms with Crippen molar-refractivity contribution in [2.45, 2.75) is 70.2 Å². The van der Waals surface area contributed by atoms with E-state index in [1.54, 1.807) is 13.1 Å². The van der Waals surface area contributed by atoms with Gasteiger partial charge in [-0.2, -0.15) is 0 Å². The summed E-state index contributed by atoms with van der Waals surface area (Å²) in [6.45, 7) is 5.21. The van der Waals surface area contributed by atoms with Crippen molar-refractivity contribution in [3.63, 3.8) is 0 Å². The lowest BCUT2D eigenvalue weighted by Crippen LogP contribution is -2.28. The number of nitrogens with zero attached hydrogens (tertiary/aromatic N) is 3. The molecule has 0 amide bonds. The summed E-state index contributed by atoms with van der Waals surface area (Å²) in [6, 6.07) is 9.06. The second-order valence-electron chi connectivity index (χ2n) is 7.46. The van der Waals surface area contributed by atoms with Gasteiger partial charge in [0, 0.05) is 19.1 Å². The number of aromatic nitrogens is 2. The monoisotopic (exact) mass is 389 g/mol. The third kappa shape index (κ3) is 4.27. The Kier molecular flexibility index (Phi) is 6.37. The van der Waals surface area contributed by atoms with E-state index in [0.29, 0.717) is 19.1 Å². The third-order valence-electron chi connectivity index (χ3n) is 5.58. The van der Waals surface area contributed by atoms with Gasteiger partial charge in [0.25, 0.3) is 0 Å². The molecule has 0 bridgehead atoms. The summed E-state index contributed by atoms with van der Waals surface area (Å²) in [5.74, 6) is 0.0847. The number of imidazole rings is 1. The molecule has 1 aromatic carbocycles. The molecular weight excluding hydrogens is 358 g/mol. The fraction of sp³-hybridized carbons (Fsp3) is 0.571. The van der Waals surface area contributed by atoms with Crippen molar-refractivity contribution in [3.8, 4) is 0 Å². The van der Waals surface area contributed by atoms with Gasteiger partial charge in [-0.05, 0) is 43.9 Å². The van der Waals surface area contributed by atoms with Gasteiger partial charge in [0.15, 0.2) is 0 Å². The third-order valence-corrected chi connectivity index (χ3v) is 7.22. The highest BCUT2D eigenvalue weighted by Crippen LogP contribution is 2.34. The van der Waals surface area contributed by atoms with Crippen molar-refractivity contribution in [2.24, 2.45) is 0 Å². The van der Waals surface area contributed by atoms with Crippen LogP contribution < -0.4 is 0 Å². The maximum absolute atomic E-state index is 12.5. The average Bonchev–Trinajstić information content (AvgIpc) is 3.09. The van der Waals surface area contributed by atoms with Crippen molar-refractivity contribution in [1.82, 2.24) is 14.5 Å². The van der Waals surface area contributed by atoms with Crippen LogP contribution in [0.5, 0.6) is 0 Å². The lowest BCUT2D eigenvalue weighted by molar-refractivity contribution is 0.207. The van der Waals surface area contributed by atoms with Crippen LogP contribution in [-0.2, 0) is 29.3 Å². The number of unbranched alkanes of at least 4 members (excludes halogenated alkanes) is 1. The maximum atomic E-state index is 12.5. The number of fused-ring (bicyclic) bond motifs is 1. The molecule has 0 fully saturated rings. The van der Waals surface area contributed by atoms with Crippen LogP contribution in [0.2, 0.25) is 0 Å². The zero-order chi connectivity index (χ0) is 19.4. The van der Waals surface area contributed by atoms with E-state index in [-0.39, 0.29) is 10.9 Å². The molecule has 0 saturated carbocycles. The standard InChI is InChI=1S/C21H31N3O2S/c1-4-6-14-24-18(15-22-21(24)27(25,26)5-2)16-23(3)20-13-9-11-17-10-7-8-12-19(17)20/h7-8,10,12,15,20H,4-6,9,11,13-14,16H2,1-3H3/t20-/m1/s1. The van der Waals surface area contributed by atoms with Gasteiger partial charge in [0.1, 0.15) is 0 Å². The van der Waals surface area contributed by atoms with Crippen LogP contribution in [0.4, 0.5) is 0 Å². The van der Waals surface area contributed by atoms with E-state index in [1.165, 1.54) is 17.5 Å². The van der Waals surface area contributed by atoms with Crippen LogP contribution in [0.1, 0.15) is 62.4 Å². The Morgan fingerprint density at radius 2 is 2.04 bits per heavy atom. The van der Waals surface area contributed by atoms with Gasteiger partial charge in [-0.3, -0.25) is 4.90 Å². The predicted octanol–water partition coefficient (Wildman–Crippen LogP) is 3.99. The van der Waals surface area contributed by atoms with E-state index >= 15 is 0 Å². The molecule has 5 nitrogen and oxygen atoms in total. The SMILES string of the molecule is CCCCn1c(CN(C)[C@@H]2CCCc3ccccc32)cnc1S(=O)(=O)CC. The Morgan fingerprint density at radius 1 is 1.26 bits per heavy atom. The largest absolute Gasteiger partial charge is 0.318 e. The molecule has 1 atom stereocenters. The van der Waals surface area contributed by atoms with Crippen LogP contribution in [-0.4, -0.2) is 35.7 Å². The predicted molar refractivity (Wildman–Crippen MR) is 108 cm³/mol. The number of rotatable bonds is 8. The molecular formula is C21H31N3O2S. The molecule has 0 N–H and O–H groups in total. The molecule has 148 valence electrons. The summed E-state index contributed by atoms with van der Waals surface area (Å²) in [5.41, 5.74) is 3.84. The molecule has 1 aliphatic carbocycles. The van der Waals surface area contributed by atoms with Gasteiger partial charge in [-0.25, -0.2) is 13.4 Å². The Bertz CT molecular complexity index is 873. The highest BCUT2D eigenvalue weighted by atomic mass is 32.2. The fourth-order valence-corrected chi connectivity index (χ4v) is 5.02. The van der Waals surface area contributed by atoms with Gasteiger partial charge >= 0.3 is 0 Å². The molecule has 0 spiro atoms. The zero-order valence-electron chi connectivity index (χ0n) is 16.7. The molecule has 3 rings (SSSR count). The highest BCUT2D eigenvalue weighted by molar-refractivity contribution is 7.91. The van der Waals surface area contributed by atoms with Crippen molar-refractivity contribution in [3.05, 3.63) is 47.3 Å². The zero-order valence-corrected chi connectivity index (χ0v) is 17.5. The average molecular weight is 390 g/mol. The molecule has 1 aliphatic rings. The topological polar surface area (TPSA) is 55.2 Å². The summed E-state index contributed by atoms with van der Waals surface area (Å²) in [7, 11) is -1.18. The first-order chi connectivity index (χ1) is 13.0. The Hall–Kier alpha value is -1.66. The minimum absolute atomic E-state index is 0.0847. The molecule has 1 aromatic heterocycles. The molecule has 0 radical (unpaired) electrons. The summed E-state index contributed by atoms with van der Waals surface area (Å²) in [5, 5.41) is 0.228. The summed E-state index contributed by atoms with van der Waals surface area (Å²) in [6.07, 6.45) is 7.20. The second kappa shape index (κ2) is 8.57. The summed E-state index contributed by atoms with van der Waals surface area (Å²) >= 11 is 0. The van der Waals surface area contributed by atoms with E-state index < -0.39 is 9.84 Å². The first-order valence-electron chi connectivity index (χ1n) is 10.0. The number of benzene rings is 1. The number of hydrogen-bond acceptors (Lipinski definition) is 4. The highest BCUT2D eigenvalue weighted by Gasteiger charge is 2.26. The van der Waals surface area contributed by atoms with Gasteiger partial charge < -0.3 is 4.57 Å². The van der Waals surface area contributed by atoms with Crippen molar-refractivity contribution in [2.75, 3.05) is 12.8 Å². The second-order valence-corrected chi connectivity index (χ2v) is 9.63. The van der Waals surface area contributed by atoms with Gasteiger partial charge in [-0.15, -0.1) is 0 Å². The number of hydrogen-bond donors (Lipinski definition) is 0. The molecule has 6 heteroatoms. The molecule has 2 aromatic rings. The van der Waals surface area contributed by atoms with Gasteiger partial charge in [0.2, 0.25) is 15.0 Å². The van der Waals surface area contributed by atoms with E-state index in [9.17, 15) is 8.42 Å². The van der Waals surface area contributed by atoms with E-state index in [1.807, 2.05) is 4.57 Å². The smallest absolute Gasteiger partial charge is 0.227 e. The molecule has 0 unspecified atom stereocenters. The lowest BCUT2D eigenvalue weighted by atomic mass is 9.87. The molecule has 1 heterocycles. The van der Waals surface area contributed by atoms with E-state index in [0.717, 1.165) is 31.4 Å². The normalized spacial score (nSPS) is 17.3. The van der Waals surface area contributed by atoms with Gasteiger partial charge in [-0.1, -0.05) is 44.5 Å². The van der Waals surface area contributed by atoms with Crippen molar-refractivity contribution < 1.29 is 8.42 Å². The quantitative estimate of drug-likeness (QED) is 0.685. The molecule has 0 aliphatic heterocycles. The summed E-state index contributed by atoms with van der Waals surface area (Å²) < 4.78 is 26.8. The Morgan fingerprint density at radius 3 is 2.78 bits per heavy atom. The van der Waals surface area contributed by atoms with Crippen LogP contribution >= 0.6 is 0 Å². The van der Waals surface area contributed by atoms with Gasteiger partial charge in [0.05, 0.1) is 17.6 Å². The van der Waals surface area contributed by atoms with Crippen LogP contribution in [0, 0.1) is 0 Å². The van der Waals surface area contributed by atoms with Crippen molar-refractivity contribution in [1.29, 1.82) is 0 Å². The fourth-order valence-electron chi connectivity index (χ4n) is 4.00. The first kappa shape index (κ1) is 20.1. The minimum Gasteiger partial charge on any atom is -0.318 e. The van der Waals surface area contributed by atoms with Crippen LogP contribution in [0.25, 0.3) is 0 Å². The van der Waals surface area contributed by atoms with E-state index in [2.05, 4.69) is 48.1 Å². The maximum Gasteiger partial charge on any atom is 0.227 e.